The zero-order valence-electron chi connectivity index (χ0n) is 19.3. The Morgan fingerprint density at radius 3 is 2.48 bits per heavy atom. The molecule has 0 radical (unpaired) electrons. The first-order chi connectivity index (χ1) is 16.1. The molecule has 1 aliphatic heterocycles. The number of methoxy groups -OCH3 is 1. The van der Waals surface area contributed by atoms with Gasteiger partial charge in [0.2, 0.25) is 10.7 Å². The Balaban J connectivity index is 1.47. The van der Waals surface area contributed by atoms with Crippen molar-refractivity contribution >= 4 is 18.2 Å². The van der Waals surface area contributed by atoms with E-state index in [0.29, 0.717) is 25.9 Å². The van der Waals surface area contributed by atoms with Gasteiger partial charge in [0.1, 0.15) is 5.75 Å². The van der Waals surface area contributed by atoms with Gasteiger partial charge in [-0.1, -0.05) is 30.3 Å². The van der Waals surface area contributed by atoms with Crippen LogP contribution in [0, 0.1) is 11.7 Å². The standard InChI is InChI=1S/C25H31N5O2S/c1-19-5-3-4-6-23(19)30-24(27-13-15-32-16-14-27)26-29(25(30)33)18-28(21-9-10-21)17-20-7-11-22(31-2)12-8-20/h3-8,11-12,21H,9-10,13-18H2,1-2H3. The van der Waals surface area contributed by atoms with Crippen molar-refractivity contribution in [2.24, 2.45) is 0 Å². The van der Waals surface area contributed by atoms with Crippen molar-refractivity contribution < 1.29 is 9.47 Å². The second-order valence-corrected chi connectivity index (χ2v) is 9.14. The van der Waals surface area contributed by atoms with Crippen LogP contribution < -0.4 is 9.64 Å². The van der Waals surface area contributed by atoms with Crippen molar-refractivity contribution in [2.75, 3.05) is 38.3 Å². The maximum absolute atomic E-state index is 6.01. The number of benzene rings is 2. The van der Waals surface area contributed by atoms with Gasteiger partial charge < -0.3 is 14.4 Å². The number of anilines is 1. The van der Waals surface area contributed by atoms with E-state index >= 15 is 0 Å². The maximum Gasteiger partial charge on any atom is 0.230 e. The summed E-state index contributed by atoms with van der Waals surface area (Å²) in [6, 6.07) is 17.3. The minimum atomic E-state index is 0.574. The summed E-state index contributed by atoms with van der Waals surface area (Å²) >= 11 is 6.01. The highest BCUT2D eigenvalue weighted by Gasteiger charge is 2.30. The fraction of sp³-hybridized carbons (Fsp3) is 0.440. The van der Waals surface area contributed by atoms with Gasteiger partial charge in [-0.05, 0) is 61.3 Å². The van der Waals surface area contributed by atoms with Crippen molar-refractivity contribution in [1.82, 2.24) is 19.2 Å². The summed E-state index contributed by atoms with van der Waals surface area (Å²) < 4.78 is 15.8. The van der Waals surface area contributed by atoms with Crippen LogP contribution in [-0.2, 0) is 18.0 Å². The number of ether oxygens (including phenoxy) is 2. The molecule has 8 heteroatoms. The summed E-state index contributed by atoms with van der Waals surface area (Å²) in [4.78, 5) is 4.77. The number of hydrogen-bond donors (Lipinski definition) is 0. The molecular weight excluding hydrogens is 434 g/mol. The lowest BCUT2D eigenvalue weighted by Gasteiger charge is -2.28. The quantitative estimate of drug-likeness (QED) is 0.465. The second-order valence-electron chi connectivity index (χ2n) is 8.77. The van der Waals surface area contributed by atoms with Crippen molar-refractivity contribution in [3.63, 3.8) is 0 Å². The molecule has 0 N–H and O–H groups in total. The van der Waals surface area contributed by atoms with Crippen molar-refractivity contribution in [2.45, 2.75) is 39.0 Å². The molecule has 7 nitrogen and oxygen atoms in total. The molecule has 0 atom stereocenters. The first kappa shape index (κ1) is 22.1. The Hall–Kier alpha value is -2.68. The fourth-order valence-electron chi connectivity index (χ4n) is 4.35. The summed E-state index contributed by atoms with van der Waals surface area (Å²) in [5, 5.41) is 5.05. The molecule has 174 valence electrons. The molecule has 33 heavy (non-hydrogen) atoms. The van der Waals surface area contributed by atoms with Crippen LogP contribution in [0.4, 0.5) is 5.95 Å². The number of hydrogen-bond acceptors (Lipinski definition) is 6. The fourth-order valence-corrected chi connectivity index (χ4v) is 4.63. The number of nitrogens with zero attached hydrogens (tertiary/aromatic N) is 5. The van der Waals surface area contributed by atoms with Gasteiger partial charge in [0.05, 0.1) is 32.7 Å². The molecule has 0 bridgehead atoms. The van der Waals surface area contributed by atoms with Gasteiger partial charge in [0.25, 0.3) is 0 Å². The van der Waals surface area contributed by atoms with Crippen molar-refractivity contribution in [3.05, 3.63) is 64.4 Å². The van der Waals surface area contributed by atoms with E-state index in [0.717, 1.165) is 41.8 Å². The zero-order valence-corrected chi connectivity index (χ0v) is 20.1. The first-order valence-corrected chi connectivity index (χ1v) is 12.0. The highest BCUT2D eigenvalue weighted by atomic mass is 32.1. The van der Waals surface area contributed by atoms with E-state index in [1.54, 1.807) is 7.11 Å². The molecule has 1 aliphatic carbocycles. The normalized spacial score (nSPS) is 16.4. The van der Waals surface area contributed by atoms with E-state index in [2.05, 4.69) is 57.7 Å². The largest absolute Gasteiger partial charge is 0.497 e. The molecule has 1 aromatic heterocycles. The molecule has 1 saturated carbocycles. The first-order valence-electron chi connectivity index (χ1n) is 11.6. The van der Waals surface area contributed by atoms with E-state index < -0.39 is 0 Å². The lowest BCUT2D eigenvalue weighted by atomic mass is 10.2. The summed E-state index contributed by atoms with van der Waals surface area (Å²) in [6.45, 7) is 6.70. The van der Waals surface area contributed by atoms with Crippen LogP contribution in [0.1, 0.15) is 24.0 Å². The molecule has 0 spiro atoms. The summed E-state index contributed by atoms with van der Waals surface area (Å²) in [6.07, 6.45) is 2.44. The van der Waals surface area contributed by atoms with Crippen LogP contribution in [0.5, 0.6) is 5.75 Å². The monoisotopic (exact) mass is 465 g/mol. The minimum absolute atomic E-state index is 0.574. The van der Waals surface area contributed by atoms with Gasteiger partial charge in [0.15, 0.2) is 0 Å². The molecular formula is C25H31N5O2S. The lowest BCUT2D eigenvalue weighted by Crippen LogP contribution is -2.38. The second kappa shape index (κ2) is 9.67. The number of rotatable bonds is 8. The number of aryl methyl sites for hydroxylation is 1. The third-order valence-electron chi connectivity index (χ3n) is 6.40. The number of morpholine rings is 1. The van der Waals surface area contributed by atoms with E-state index in [9.17, 15) is 0 Å². The predicted molar refractivity (Wildman–Crippen MR) is 132 cm³/mol. The van der Waals surface area contributed by atoms with E-state index in [-0.39, 0.29) is 0 Å². The summed E-state index contributed by atoms with van der Waals surface area (Å²) in [7, 11) is 1.70. The number of aromatic nitrogens is 3. The number of para-hydroxylation sites is 1. The highest BCUT2D eigenvalue weighted by molar-refractivity contribution is 7.71. The SMILES string of the molecule is COc1ccc(CN(Cn2nc(N3CCOCC3)n(-c3ccccc3C)c2=S)C2CC2)cc1. The van der Waals surface area contributed by atoms with Crippen LogP contribution in [0.3, 0.4) is 0 Å². The molecule has 0 amide bonds. The van der Waals surface area contributed by atoms with Gasteiger partial charge in [-0.25, -0.2) is 4.68 Å². The van der Waals surface area contributed by atoms with E-state index in [4.69, 9.17) is 26.8 Å². The Morgan fingerprint density at radius 1 is 1.09 bits per heavy atom. The van der Waals surface area contributed by atoms with Crippen LogP contribution >= 0.6 is 12.2 Å². The topological polar surface area (TPSA) is 47.7 Å². The third kappa shape index (κ3) is 4.83. The Kier molecular flexibility index (Phi) is 6.48. The van der Waals surface area contributed by atoms with Gasteiger partial charge in [0, 0.05) is 25.7 Å². The molecule has 1 saturated heterocycles. The molecule has 5 rings (SSSR count). The van der Waals surface area contributed by atoms with Crippen LogP contribution in [-0.4, -0.2) is 58.7 Å². The lowest BCUT2D eigenvalue weighted by molar-refractivity contribution is 0.121. The van der Waals surface area contributed by atoms with Crippen molar-refractivity contribution in [1.29, 1.82) is 0 Å². The summed E-state index contributed by atoms with van der Waals surface area (Å²) in [5.41, 5.74) is 3.53. The van der Waals surface area contributed by atoms with Gasteiger partial charge in [-0.3, -0.25) is 9.47 Å². The average molecular weight is 466 g/mol. The van der Waals surface area contributed by atoms with Gasteiger partial charge >= 0.3 is 0 Å². The van der Waals surface area contributed by atoms with Crippen LogP contribution in [0.2, 0.25) is 0 Å². The Morgan fingerprint density at radius 2 is 1.82 bits per heavy atom. The Labute approximate surface area is 200 Å². The van der Waals surface area contributed by atoms with Gasteiger partial charge in [-0.2, -0.15) is 0 Å². The maximum atomic E-state index is 6.01. The Bertz CT molecular complexity index is 1150. The zero-order chi connectivity index (χ0) is 22.8. The molecule has 2 fully saturated rings. The predicted octanol–water partition coefficient (Wildman–Crippen LogP) is 4.18. The van der Waals surface area contributed by atoms with Crippen LogP contribution in [0.25, 0.3) is 5.69 Å². The third-order valence-corrected chi connectivity index (χ3v) is 6.79. The van der Waals surface area contributed by atoms with Crippen molar-refractivity contribution in [3.8, 4) is 11.4 Å². The molecule has 3 aromatic rings. The van der Waals surface area contributed by atoms with E-state index in [1.165, 1.54) is 24.0 Å². The molecule has 2 aliphatic rings. The van der Waals surface area contributed by atoms with Crippen LogP contribution in [0.15, 0.2) is 48.5 Å². The van der Waals surface area contributed by atoms with Gasteiger partial charge in [-0.15, -0.1) is 5.10 Å². The molecule has 2 aromatic carbocycles. The molecule has 2 heterocycles. The van der Waals surface area contributed by atoms with E-state index in [1.807, 2.05) is 16.8 Å². The smallest absolute Gasteiger partial charge is 0.230 e. The molecule has 0 unspecified atom stereocenters. The average Bonchev–Trinajstić information content (AvgIpc) is 3.65. The minimum Gasteiger partial charge on any atom is -0.497 e. The highest BCUT2D eigenvalue weighted by Crippen LogP contribution is 2.30. The summed E-state index contributed by atoms with van der Waals surface area (Å²) in [5.74, 6) is 1.78.